The molecule has 0 radical (unpaired) electrons. The predicted octanol–water partition coefficient (Wildman–Crippen LogP) is 0.917. The quantitative estimate of drug-likeness (QED) is 0.892. The van der Waals surface area contributed by atoms with Crippen LogP contribution >= 0.6 is 24.8 Å². The van der Waals surface area contributed by atoms with Crippen LogP contribution in [0.5, 0.6) is 0 Å². The molecule has 0 atom stereocenters. The Morgan fingerprint density at radius 2 is 1.74 bits per heavy atom. The maximum absolute atomic E-state index is 10.5. The summed E-state index contributed by atoms with van der Waals surface area (Å²) in [5, 5.41) is 8.62. The number of rotatable bonds is 4. The van der Waals surface area contributed by atoms with E-state index in [1.165, 1.54) is 0 Å². The highest BCUT2D eigenvalue weighted by Gasteiger charge is 2.18. The molecule has 0 bridgehead atoms. The van der Waals surface area contributed by atoms with Gasteiger partial charge in [0, 0.05) is 45.1 Å². The molecule has 1 aromatic rings. The number of piperazine rings is 1. The zero-order valence-electron chi connectivity index (χ0n) is 10.4. The Balaban J connectivity index is 0.00000162. The average Bonchev–Trinajstić information content (AvgIpc) is 2.38. The number of carboxylic acids is 1. The van der Waals surface area contributed by atoms with Crippen LogP contribution in [-0.2, 0) is 4.79 Å². The Bertz CT molecular complexity index is 372. The molecule has 0 spiro atoms. The number of carbonyl (C=O) groups is 1. The summed E-state index contributed by atoms with van der Waals surface area (Å²) in [6.45, 7) is 4.06. The third kappa shape index (κ3) is 5.59. The van der Waals surface area contributed by atoms with Crippen molar-refractivity contribution < 1.29 is 9.90 Å². The van der Waals surface area contributed by atoms with Crippen LogP contribution in [0.3, 0.4) is 0 Å². The first-order valence-corrected chi connectivity index (χ1v) is 5.72. The van der Waals surface area contributed by atoms with Crippen molar-refractivity contribution in [2.24, 2.45) is 0 Å². The summed E-state index contributed by atoms with van der Waals surface area (Å²) in [7, 11) is 0. The van der Waals surface area contributed by atoms with E-state index in [-0.39, 0.29) is 31.2 Å². The van der Waals surface area contributed by atoms with Gasteiger partial charge < -0.3 is 10.0 Å². The van der Waals surface area contributed by atoms with Gasteiger partial charge in [0.1, 0.15) is 0 Å². The van der Waals surface area contributed by atoms with E-state index in [0.29, 0.717) is 6.54 Å². The van der Waals surface area contributed by atoms with E-state index in [1.807, 2.05) is 0 Å². The van der Waals surface area contributed by atoms with Crippen molar-refractivity contribution in [3.05, 3.63) is 18.5 Å². The van der Waals surface area contributed by atoms with Gasteiger partial charge in [-0.05, 0) is 6.07 Å². The Labute approximate surface area is 124 Å². The molecule has 1 saturated heterocycles. The number of anilines is 1. The van der Waals surface area contributed by atoms with Gasteiger partial charge in [-0.1, -0.05) is 0 Å². The third-order valence-corrected chi connectivity index (χ3v) is 2.85. The molecule has 2 rings (SSSR count). The monoisotopic (exact) mass is 308 g/mol. The van der Waals surface area contributed by atoms with Crippen molar-refractivity contribution >= 4 is 36.7 Å². The smallest absolute Gasteiger partial charge is 0.304 e. The van der Waals surface area contributed by atoms with Crippen LogP contribution < -0.4 is 4.90 Å². The van der Waals surface area contributed by atoms with Crippen LogP contribution in [0, 0.1) is 0 Å². The minimum absolute atomic E-state index is 0. The third-order valence-electron chi connectivity index (χ3n) is 2.85. The molecule has 1 aliphatic heterocycles. The van der Waals surface area contributed by atoms with E-state index in [4.69, 9.17) is 5.11 Å². The highest BCUT2D eigenvalue weighted by molar-refractivity contribution is 5.85. The van der Waals surface area contributed by atoms with Gasteiger partial charge in [0.25, 0.3) is 0 Å². The first kappa shape index (κ1) is 17.9. The fraction of sp³-hybridized carbons (Fsp3) is 0.545. The van der Waals surface area contributed by atoms with Crippen LogP contribution in [0.1, 0.15) is 6.42 Å². The van der Waals surface area contributed by atoms with Gasteiger partial charge in [-0.25, -0.2) is 9.97 Å². The largest absolute Gasteiger partial charge is 0.481 e. The number of hydrogen-bond donors (Lipinski definition) is 1. The second kappa shape index (κ2) is 8.90. The lowest BCUT2D eigenvalue weighted by atomic mass is 10.3. The standard InChI is InChI=1S/C11H16N4O2.2ClH/c16-10(17)2-5-14-6-8-15(9-7-14)11-12-3-1-4-13-11;;/h1,3-4H,2,5-9H2,(H,16,17);2*1H. The van der Waals surface area contributed by atoms with Crippen molar-refractivity contribution in [1.82, 2.24) is 14.9 Å². The summed E-state index contributed by atoms with van der Waals surface area (Å²) in [5.41, 5.74) is 0. The Morgan fingerprint density at radius 1 is 1.16 bits per heavy atom. The molecular formula is C11H18Cl2N4O2. The lowest BCUT2D eigenvalue weighted by Gasteiger charge is -2.34. The van der Waals surface area contributed by atoms with Crippen molar-refractivity contribution in [1.29, 1.82) is 0 Å². The van der Waals surface area contributed by atoms with Gasteiger partial charge >= 0.3 is 5.97 Å². The lowest BCUT2D eigenvalue weighted by molar-refractivity contribution is -0.137. The molecule has 1 aromatic heterocycles. The first-order valence-electron chi connectivity index (χ1n) is 5.72. The van der Waals surface area contributed by atoms with E-state index in [2.05, 4.69) is 19.8 Å². The van der Waals surface area contributed by atoms with E-state index in [9.17, 15) is 4.79 Å². The number of carboxylic acid groups (broad SMARTS) is 1. The zero-order valence-corrected chi connectivity index (χ0v) is 12.1. The maximum Gasteiger partial charge on any atom is 0.304 e. The Kier molecular flexibility index (Phi) is 8.38. The van der Waals surface area contributed by atoms with E-state index < -0.39 is 5.97 Å². The topological polar surface area (TPSA) is 69.6 Å². The number of halogens is 2. The molecule has 0 unspecified atom stereocenters. The predicted molar refractivity (Wildman–Crippen MR) is 77.4 cm³/mol. The SMILES string of the molecule is Cl.Cl.O=C(O)CCN1CCN(c2ncccn2)CC1. The summed E-state index contributed by atoms with van der Waals surface area (Å²) in [6.07, 6.45) is 3.68. The Morgan fingerprint density at radius 3 is 2.26 bits per heavy atom. The number of nitrogens with zero attached hydrogens (tertiary/aromatic N) is 4. The highest BCUT2D eigenvalue weighted by Crippen LogP contribution is 2.09. The van der Waals surface area contributed by atoms with Crippen molar-refractivity contribution in [2.75, 3.05) is 37.6 Å². The van der Waals surface area contributed by atoms with Gasteiger partial charge in [-0.3, -0.25) is 9.69 Å². The van der Waals surface area contributed by atoms with Crippen LogP contribution in [0.25, 0.3) is 0 Å². The molecule has 0 saturated carbocycles. The molecule has 6 nitrogen and oxygen atoms in total. The summed E-state index contributed by atoms with van der Waals surface area (Å²) < 4.78 is 0. The molecule has 1 aliphatic rings. The molecule has 1 N–H and O–H groups in total. The first-order chi connectivity index (χ1) is 8.25. The molecule has 0 aromatic carbocycles. The van der Waals surface area contributed by atoms with E-state index >= 15 is 0 Å². The normalized spacial score (nSPS) is 15.3. The van der Waals surface area contributed by atoms with E-state index in [0.717, 1.165) is 32.1 Å². The number of aromatic nitrogens is 2. The fourth-order valence-electron chi connectivity index (χ4n) is 1.88. The van der Waals surface area contributed by atoms with Gasteiger partial charge in [-0.15, -0.1) is 24.8 Å². The second-order valence-electron chi connectivity index (χ2n) is 4.02. The van der Waals surface area contributed by atoms with Crippen LogP contribution in [0.4, 0.5) is 5.95 Å². The van der Waals surface area contributed by atoms with Gasteiger partial charge in [0.05, 0.1) is 6.42 Å². The minimum atomic E-state index is -0.737. The molecule has 0 aliphatic carbocycles. The van der Waals surface area contributed by atoms with Gasteiger partial charge in [-0.2, -0.15) is 0 Å². The van der Waals surface area contributed by atoms with Crippen LogP contribution in [-0.4, -0.2) is 58.7 Å². The Hall–Kier alpha value is -1.11. The lowest BCUT2D eigenvalue weighted by Crippen LogP contribution is -2.47. The molecular weight excluding hydrogens is 291 g/mol. The minimum Gasteiger partial charge on any atom is -0.481 e. The number of hydrogen-bond acceptors (Lipinski definition) is 5. The highest BCUT2D eigenvalue weighted by atomic mass is 35.5. The molecule has 2 heterocycles. The zero-order chi connectivity index (χ0) is 12.1. The van der Waals surface area contributed by atoms with Crippen molar-refractivity contribution in [3.63, 3.8) is 0 Å². The van der Waals surface area contributed by atoms with Crippen LogP contribution in [0.2, 0.25) is 0 Å². The maximum atomic E-state index is 10.5. The molecule has 1 fully saturated rings. The van der Waals surface area contributed by atoms with Crippen molar-refractivity contribution in [2.45, 2.75) is 6.42 Å². The fourth-order valence-corrected chi connectivity index (χ4v) is 1.88. The van der Waals surface area contributed by atoms with Gasteiger partial charge in [0.2, 0.25) is 5.95 Å². The van der Waals surface area contributed by atoms with Crippen molar-refractivity contribution in [3.8, 4) is 0 Å². The number of aliphatic carboxylic acids is 1. The van der Waals surface area contributed by atoms with E-state index in [1.54, 1.807) is 18.5 Å². The second-order valence-corrected chi connectivity index (χ2v) is 4.02. The molecule has 8 heteroatoms. The summed E-state index contributed by atoms with van der Waals surface area (Å²) in [4.78, 5) is 23.2. The van der Waals surface area contributed by atoms with Gasteiger partial charge in [0.15, 0.2) is 0 Å². The summed E-state index contributed by atoms with van der Waals surface area (Å²) in [5.74, 6) is 0.0178. The molecule has 19 heavy (non-hydrogen) atoms. The molecule has 108 valence electrons. The summed E-state index contributed by atoms with van der Waals surface area (Å²) >= 11 is 0. The summed E-state index contributed by atoms with van der Waals surface area (Å²) in [6, 6.07) is 1.80. The average molecular weight is 309 g/mol. The molecule has 0 amide bonds. The van der Waals surface area contributed by atoms with Crippen LogP contribution in [0.15, 0.2) is 18.5 Å².